The molecule has 98 valence electrons. The molecule has 0 spiro atoms. The Bertz CT molecular complexity index is 450. The van der Waals surface area contributed by atoms with Crippen molar-refractivity contribution in [2.45, 2.75) is 38.5 Å². The van der Waals surface area contributed by atoms with E-state index in [0.717, 1.165) is 24.1 Å². The summed E-state index contributed by atoms with van der Waals surface area (Å²) in [6, 6.07) is 2.48. The molecule has 1 aliphatic heterocycles. The third-order valence-corrected chi connectivity index (χ3v) is 4.61. The number of halogens is 2. The molecule has 0 radical (unpaired) electrons. The number of fused-ring (bicyclic) bond motifs is 1. The molecule has 0 bridgehead atoms. The molecule has 1 fully saturated rings. The highest BCUT2D eigenvalue weighted by molar-refractivity contribution is 5.59. The molecule has 18 heavy (non-hydrogen) atoms. The van der Waals surface area contributed by atoms with E-state index in [2.05, 4.69) is 12.2 Å². The lowest BCUT2D eigenvalue weighted by atomic mass is 9.74. The summed E-state index contributed by atoms with van der Waals surface area (Å²) in [4.78, 5) is 0. The highest BCUT2D eigenvalue weighted by atomic mass is 19.1. The van der Waals surface area contributed by atoms with Gasteiger partial charge in [0.1, 0.15) is 11.6 Å². The van der Waals surface area contributed by atoms with Crippen LogP contribution >= 0.6 is 0 Å². The average molecular weight is 251 g/mol. The van der Waals surface area contributed by atoms with Crippen molar-refractivity contribution in [1.29, 1.82) is 0 Å². The lowest BCUT2D eigenvalue weighted by molar-refractivity contribution is 0.261. The molecule has 1 heterocycles. The van der Waals surface area contributed by atoms with Crippen molar-refractivity contribution in [2.24, 2.45) is 11.8 Å². The molecule has 1 aliphatic carbocycles. The fourth-order valence-corrected chi connectivity index (χ4v) is 3.50. The van der Waals surface area contributed by atoms with E-state index in [1.165, 1.54) is 31.7 Å². The number of hydrogen-bond acceptors (Lipinski definition) is 1. The summed E-state index contributed by atoms with van der Waals surface area (Å²) < 4.78 is 27.0. The first-order chi connectivity index (χ1) is 8.65. The van der Waals surface area contributed by atoms with Gasteiger partial charge in [-0.2, -0.15) is 0 Å². The Hall–Kier alpha value is -1.12. The number of rotatable bonds is 1. The van der Waals surface area contributed by atoms with Gasteiger partial charge in [0.2, 0.25) is 0 Å². The van der Waals surface area contributed by atoms with Crippen LogP contribution in [0.2, 0.25) is 0 Å². The molecule has 0 saturated heterocycles. The Morgan fingerprint density at radius 2 is 1.83 bits per heavy atom. The van der Waals surface area contributed by atoms with E-state index < -0.39 is 11.6 Å². The van der Waals surface area contributed by atoms with Crippen LogP contribution in [0.1, 0.15) is 44.1 Å². The van der Waals surface area contributed by atoms with Gasteiger partial charge >= 0.3 is 0 Å². The van der Waals surface area contributed by atoms with E-state index in [1.54, 1.807) is 0 Å². The van der Waals surface area contributed by atoms with Gasteiger partial charge in [-0.3, -0.25) is 0 Å². The zero-order valence-electron chi connectivity index (χ0n) is 10.7. The average Bonchev–Trinajstić information content (AvgIpc) is 2.74. The van der Waals surface area contributed by atoms with Crippen molar-refractivity contribution in [3.63, 3.8) is 0 Å². The first kappa shape index (κ1) is 11.9. The van der Waals surface area contributed by atoms with Crippen molar-refractivity contribution >= 4 is 5.69 Å². The third-order valence-electron chi connectivity index (χ3n) is 4.61. The van der Waals surface area contributed by atoms with Gasteiger partial charge in [-0.05, 0) is 36.3 Å². The summed E-state index contributed by atoms with van der Waals surface area (Å²) in [6.07, 6.45) is 4.86. The molecule has 1 saturated carbocycles. The normalized spacial score (nSPS) is 30.9. The number of nitrogens with one attached hydrogen (secondary N) is 1. The van der Waals surface area contributed by atoms with Gasteiger partial charge in [0, 0.05) is 18.5 Å². The summed E-state index contributed by atoms with van der Waals surface area (Å²) >= 11 is 0. The molecular formula is C15H19F2N. The topological polar surface area (TPSA) is 12.0 Å². The van der Waals surface area contributed by atoms with Crippen LogP contribution in [0, 0.1) is 23.5 Å². The maximum atomic E-state index is 13.7. The van der Waals surface area contributed by atoms with E-state index in [0.29, 0.717) is 11.6 Å². The number of hydrogen-bond donors (Lipinski definition) is 1. The van der Waals surface area contributed by atoms with Gasteiger partial charge in [0.15, 0.2) is 0 Å². The van der Waals surface area contributed by atoms with Crippen LogP contribution in [0.25, 0.3) is 0 Å². The first-order valence-corrected chi connectivity index (χ1v) is 6.88. The van der Waals surface area contributed by atoms with Gasteiger partial charge in [-0.1, -0.05) is 19.8 Å². The quantitative estimate of drug-likeness (QED) is 0.784. The largest absolute Gasteiger partial charge is 0.382 e. The molecule has 0 amide bonds. The molecule has 1 aromatic rings. The summed E-state index contributed by atoms with van der Waals surface area (Å²) in [5.74, 6) is 0.772. The molecule has 1 nitrogen and oxygen atoms in total. The summed E-state index contributed by atoms with van der Waals surface area (Å²) in [6.45, 7) is 3.05. The van der Waals surface area contributed by atoms with E-state index in [-0.39, 0.29) is 5.92 Å². The van der Waals surface area contributed by atoms with Crippen LogP contribution in [0.5, 0.6) is 0 Å². The zero-order valence-corrected chi connectivity index (χ0v) is 10.7. The van der Waals surface area contributed by atoms with Crippen molar-refractivity contribution in [3.8, 4) is 0 Å². The second-order valence-corrected chi connectivity index (χ2v) is 5.86. The van der Waals surface area contributed by atoms with Crippen LogP contribution in [0.4, 0.5) is 14.5 Å². The van der Waals surface area contributed by atoms with Crippen LogP contribution < -0.4 is 5.32 Å². The molecule has 1 N–H and O–H groups in total. The SMILES string of the molecule is CC1CCC(C2CNc3c(F)cc(F)cc32)CC1. The van der Waals surface area contributed by atoms with Crippen LogP contribution in [0.3, 0.4) is 0 Å². The highest BCUT2D eigenvalue weighted by Gasteiger charge is 2.33. The monoisotopic (exact) mass is 251 g/mol. The summed E-state index contributed by atoms with van der Waals surface area (Å²) in [5, 5.41) is 3.11. The Kier molecular flexibility index (Phi) is 3.00. The smallest absolute Gasteiger partial charge is 0.149 e. The van der Waals surface area contributed by atoms with Gasteiger partial charge in [0.05, 0.1) is 5.69 Å². The predicted molar refractivity (Wildman–Crippen MR) is 68.7 cm³/mol. The Morgan fingerprint density at radius 3 is 2.56 bits per heavy atom. The fraction of sp³-hybridized carbons (Fsp3) is 0.600. The standard InChI is InChI=1S/C15H19F2N/c1-9-2-4-10(5-3-9)13-8-18-15-12(13)6-11(16)7-14(15)17/h6-7,9-10,13,18H,2-5,8H2,1H3. The van der Waals surface area contributed by atoms with Gasteiger partial charge in [-0.15, -0.1) is 0 Å². The Morgan fingerprint density at radius 1 is 1.11 bits per heavy atom. The van der Waals surface area contributed by atoms with Crippen LogP contribution in [-0.4, -0.2) is 6.54 Å². The highest BCUT2D eigenvalue weighted by Crippen LogP contribution is 2.44. The van der Waals surface area contributed by atoms with Crippen LogP contribution in [0.15, 0.2) is 12.1 Å². The predicted octanol–water partition coefficient (Wildman–Crippen LogP) is 4.30. The fourth-order valence-electron chi connectivity index (χ4n) is 3.50. The summed E-state index contributed by atoms with van der Waals surface area (Å²) in [5.41, 5.74) is 1.38. The van der Waals surface area contributed by atoms with Crippen molar-refractivity contribution in [2.75, 3.05) is 11.9 Å². The van der Waals surface area contributed by atoms with E-state index in [4.69, 9.17) is 0 Å². The minimum Gasteiger partial charge on any atom is -0.382 e. The molecule has 2 aliphatic rings. The molecular weight excluding hydrogens is 232 g/mol. The second kappa shape index (κ2) is 4.52. The molecule has 3 rings (SSSR count). The number of benzene rings is 1. The molecule has 0 aromatic heterocycles. The Balaban J connectivity index is 1.86. The maximum Gasteiger partial charge on any atom is 0.149 e. The van der Waals surface area contributed by atoms with Crippen molar-refractivity contribution in [3.05, 3.63) is 29.3 Å². The third kappa shape index (κ3) is 2.00. The van der Waals surface area contributed by atoms with Gasteiger partial charge < -0.3 is 5.32 Å². The molecule has 1 atom stereocenters. The lowest BCUT2D eigenvalue weighted by Gasteiger charge is -2.30. The minimum absolute atomic E-state index is 0.290. The van der Waals surface area contributed by atoms with Crippen molar-refractivity contribution in [1.82, 2.24) is 0 Å². The molecule has 1 aromatic carbocycles. The molecule has 1 unspecified atom stereocenters. The van der Waals surface area contributed by atoms with Crippen LogP contribution in [-0.2, 0) is 0 Å². The zero-order chi connectivity index (χ0) is 12.7. The van der Waals surface area contributed by atoms with E-state index in [1.807, 2.05) is 0 Å². The number of anilines is 1. The lowest BCUT2D eigenvalue weighted by Crippen LogP contribution is -2.20. The van der Waals surface area contributed by atoms with Gasteiger partial charge in [-0.25, -0.2) is 8.78 Å². The maximum absolute atomic E-state index is 13.7. The van der Waals surface area contributed by atoms with Gasteiger partial charge in [0.25, 0.3) is 0 Å². The second-order valence-electron chi connectivity index (χ2n) is 5.86. The van der Waals surface area contributed by atoms with E-state index >= 15 is 0 Å². The molecule has 3 heteroatoms. The minimum atomic E-state index is -0.455. The van der Waals surface area contributed by atoms with E-state index in [9.17, 15) is 8.78 Å². The Labute approximate surface area is 107 Å². The first-order valence-electron chi connectivity index (χ1n) is 6.88. The van der Waals surface area contributed by atoms with Crippen molar-refractivity contribution < 1.29 is 8.78 Å². The summed E-state index contributed by atoms with van der Waals surface area (Å²) in [7, 11) is 0.